The van der Waals surface area contributed by atoms with Crippen LogP contribution in [0.4, 0.5) is 5.69 Å². The molecule has 2 N–H and O–H groups in total. The second kappa shape index (κ2) is 3.15. The fourth-order valence-electron chi connectivity index (χ4n) is 0.628. The van der Waals surface area contributed by atoms with Gasteiger partial charge in [0, 0.05) is 5.69 Å². The minimum absolute atomic E-state index is 0.763. The van der Waals surface area contributed by atoms with E-state index in [0.717, 1.165) is 14.0 Å². The first-order valence-electron chi connectivity index (χ1n) is 2.65. The van der Waals surface area contributed by atoms with E-state index < -0.39 is 0 Å². The van der Waals surface area contributed by atoms with E-state index in [9.17, 15) is 0 Å². The average Bonchev–Trinajstić information content (AvgIpc) is 1.88. The third kappa shape index (κ3) is 1.93. The van der Waals surface area contributed by atoms with Gasteiger partial charge >= 0.3 is 0 Å². The van der Waals surface area contributed by atoms with Crippen LogP contribution in [0.2, 0.25) is 0 Å². The van der Waals surface area contributed by atoms with Gasteiger partial charge in [-0.3, -0.25) is 0 Å². The molecule has 0 aromatic heterocycles. The smallest absolute Gasteiger partial charge is 0.0320 e. The highest BCUT2D eigenvalue weighted by Crippen LogP contribution is 2.19. The summed E-state index contributed by atoms with van der Waals surface area (Å²) in [6.45, 7) is 0. The van der Waals surface area contributed by atoms with Crippen molar-refractivity contribution in [3.05, 3.63) is 24.3 Å². The summed E-state index contributed by atoms with van der Waals surface area (Å²) in [5.41, 5.74) is 6.38. The molecule has 0 bridgehead atoms. The Kier molecular flexibility index (Phi) is 2.45. The van der Waals surface area contributed by atoms with Crippen LogP contribution in [0.3, 0.4) is 0 Å². The third-order valence-corrected chi connectivity index (χ3v) is 2.70. The van der Waals surface area contributed by atoms with Gasteiger partial charge in [0.2, 0.25) is 0 Å². The van der Waals surface area contributed by atoms with Crippen molar-refractivity contribution in [1.29, 1.82) is 0 Å². The maximum Gasteiger partial charge on any atom is 0.0320 e. The van der Waals surface area contributed by atoms with Crippen LogP contribution in [0.1, 0.15) is 0 Å². The molecule has 1 aromatic carbocycles. The molecule has 0 aliphatic heterocycles. The van der Waals surface area contributed by atoms with Crippen LogP contribution in [0, 0.1) is 0 Å². The van der Waals surface area contributed by atoms with Gasteiger partial charge in [0.05, 0.1) is 0 Å². The van der Waals surface area contributed by atoms with Gasteiger partial charge in [-0.2, -0.15) is 0 Å². The molecule has 0 saturated heterocycles. The molecular weight excluding hydrogens is 148 g/mol. The number of rotatable bonds is 1. The Balaban J connectivity index is 2.94. The van der Waals surface area contributed by atoms with E-state index in [-0.39, 0.29) is 0 Å². The largest absolute Gasteiger partial charge is 0.399 e. The zero-order valence-electron chi connectivity index (χ0n) is 4.96. The lowest BCUT2D eigenvalue weighted by Gasteiger charge is -1.95. The van der Waals surface area contributed by atoms with Crippen LogP contribution >= 0.6 is 17.2 Å². The van der Waals surface area contributed by atoms with Crippen molar-refractivity contribution in [2.75, 3.05) is 5.73 Å². The summed E-state index contributed by atoms with van der Waals surface area (Å²) in [4.78, 5) is 0. The van der Waals surface area contributed by atoms with E-state index in [0.29, 0.717) is 0 Å². The number of hydrogen-bond acceptors (Lipinski definition) is 1. The monoisotopic (exact) mass is 157 g/mol. The minimum atomic E-state index is 0.763. The van der Waals surface area contributed by atoms with E-state index in [1.165, 1.54) is 5.30 Å². The fourth-order valence-corrected chi connectivity index (χ4v) is 1.61. The summed E-state index contributed by atoms with van der Waals surface area (Å²) >= 11 is 0. The molecule has 0 amide bonds. The van der Waals surface area contributed by atoms with Gasteiger partial charge in [0.25, 0.3) is 0 Å². The highest BCUT2D eigenvalue weighted by Gasteiger charge is 1.86. The van der Waals surface area contributed by atoms with Crippen LogP contribution in [-0.4, -0.2) is 0 Å². The van der Waals surface area contributed by atoms with Gasteiger partial charge < -0.3 is 5.73 Å². The fraction of sp³-hybridized carbons (Fsp3) is 0. The molecule has 0 spiro atoms. The molecule has 3 heteroatoms. The van der Waals surface area contributed by atoms with E-state index >= 15 is 0 Å². The van der Waals surface area contributed by atoms with E-state index in [1.54, 1.807) is 0 Å². The quantitative estimate of drug-likeness (QED) is 0.483. The topological polar surface area (TPSA) is 26.0 Å². The predicted octanol–water partition coefficient (Wildman–Crippen LogP) is 1.36. The van der Waals surface area contributed by atoms with Gasteiger partial charge in [-0.25, -0.2) is 0 Å². The Morgan fingerprint density at radius 3 is 2.67 bits per heavy atom. The first kappa shape index (κ1) is 6.99. The molecule has 48 valence electrons. The van der Waals surface area contributed by atoms with E-state index in [4.69, 9.17) is 5.73 Å². The summed E-state index contributed by atoms with van der Waals surface area (Å²) in [7, 11) is 3.45. The summed E-state index contributed by atoms with van der Waals surface area (Å²) in [6, 6.07) is 7.93. The second-order valence-electron chi connectivity index (χ2n) is 1.77. The molecule has 0 aliphatic rings. The zero-order valence-corrected chi connectivity index (χ0v) is 7.12. The van der Waals surface area contributed by atoms with Crippen LogP contribution in [0.25, 0.3) is 0 Å². The molecule has 0 saturated carbocycles. The average molecular weight is 157 g/mol. The number of anilines is 1. The lowest BCUT2D eigenvalue weighted by atomic mass is 10.3. The van der Waals surface area contributed by atoms with Crippen molar-refractivity contribution in [3.8, 4) is 0 Å². The second-order valence-corrected chi connectivity index (χ2v) is 3.50. The highest BCUT2D eigenvalue weighted by atomic mass is 32.0. The zero-order chi connectivity index (χ0) is 6.69. The molecule has 9 heavy (non-hydrogen) atoms. The molecule has 2 unspecified atom stereocenters. The Morgan fingerprint density at radius 1 is 1.44 bits per heavy atom. The molecule has 1 aromatic rings. The number of hydrogen-bond donors (Lipinski definition) is 1. The highest BCUT2D eigenvalue weighted by molar-refractivity contribution is 8.06. The Bertz CT molecular complexity index is 200. The van der Waals surface area contributed by atoms with Crippen LogP contribution in [0.5, 0.6) is 0 Å². The Hall–Kier alpha value is -0.120. The van der Waals surface area contributed by atoms with Crippen LogP contribution < -0.4 is 11.0 Å². The normalized spacial score (nSPS) is 10.8. The first-order valence-corrected chi connectivity index (χ1v) is 5.46. The molecule has 2 atom stereocenters. The van der Waals surface area contributed by atoms with E-state index in [2.05, 4.69) is 15.0 Å². The molecule has 0 radical (unpaired) electrons. The molecule has 0 aliphatic carbocycles. The van der Waals surface area contributed by atoms with Gasteiger partial charge in [-0.15, -0.1) is 8.93 Å². The Labute approximate surface area is 58.9 Å². The van der Waals surface area contributed by atoms with Crippen LogP contribution in [0.15, 0.2) is 24.3 Å². The lowest BCUT2D eigenvalue weighted by molar-refractivity contribution is 1.74. The van der Waals surface area contributed by atoms with E-state index in [1.807, 2.05) is 18.2 Å². The lowest BCUT2D eigenvalue weighted by Crippen LogP contribution is -1.93. The maximum atomic E-state index is 5.53. The molecule has 0 fully saturated rings. The molecule has 0 heterocycles. The summed E-state index contributed by atoms with van der Waals surface area (Å²) in [5, 5.41) is 1.29. The predicted molar refractivity (Wildman–Crippen MR) is 48.5 cm³/mol. The van der Waals surface area contributed by atoms with Crippen molar-refractivity contribution in [1.82, 2.24) is 0 Å². The van der Waals surface area contributed by atoms with Gasteiger partial charge in [0.1, 0.15) is 0 Å². The van der Waals surface area contributed by atoms with Crippen molar-refractivity contribution < 1.29 is 0 Å². The molecule has 1 rings (SSSR count). The SMILES string of the molecule is Nc1cccc(PP)c1. The minimum Gasteiger partial charge on any atom is -0.399 e. The van der Waals surface area contributed by atoms with Gasteiger partial charge in [-0.05, 0) is 17.4 Å². The van der Waals surface area contributed by atoms with Gasteiger partial charge in [-0.1, -0.05) is 20.4 Å². The first-order chi connectivity index (χ1) is 4.33. The Morgan fingerprint density at radius 2 is 2.22 bits per heavy atom. The number of nitrogens with two attached hydrogens (primary N) is 1. The van der Waals surface area contributed by atoms with Crippen molar-refractivity contribution >= 4 is 28.2 Å². The summed E-state index contributed by atoms with van der Waals surface area (Å²) in [5.74, 6) is 0. The molecular formula is C6H9NP2. The summed E-state index contributed by atoms with van der Waals surface area (Å²) < 4.78 is 0. The van der Waals surface area contributed by atoms with Crippen molar-refractivity contribution in [3.63, 3.8) is 0 Å². The van der Waals surface area contributed by atoms with Gasteiger partial charge in [0.15, 0.2) is 0 Å². The van der Waals surface area contributed by atoms with Crippen LogP contribution in [-0.2, 0) is 0 Å². The van der Waals surface area contributed by atoms with Crippen molar-refractivity contribution in [2.45, 2.75) is 0 Å². The molecule has 1 nitrogen and oxygen atoms in total. The standard InChI is InChI=1S/C6H9NP2/c7-5-2-1-3-6(4-5)9-8/h1-4,9H,7-8H2. The third-order valence-electron chi connectivity index (χ3n) is 1.05. The number of nitrogen functional groups attached to an aromatic ring is 1. The number of benzene rings is 1. The van der Waals surface area contributed by atoms with Crippen molar-refractivity contribution in [2.24, 2.45) is 0 Å². The maximum absolute atomic E-state index is 5.53. The summed E-state index contributed by atoms with van der Waals surface area (Å²) in [6.07, 6.45) is 0.